The first kappa shape index (κ1) is 13.4. The summed E-state index contributed by atoms with van der Waals surface area (Å²) in [4.78, 5) is 11.9. The summed E-state index contributed by atoms with van der Waals surface area (Å²) in [6, 6.07) is 0. The molecule has 0 unspecified atom stereocenters. The summed E-state index contributed by atoms with van der Waals surface area (Å²) in [5.74, 6) is 0.366. The maximum absolute atomic E-state index is 11.9. The van der Waals surface area contributed by atoms with Crippen LogP contribution in [0.2, 0.25) is 0 Å². The lowest BCUT2D eigenvalue weighted by molar-refractivity contribution is -0.116. The molecule has 0 bridgehead atoms. The Morgan fingerprint density at radius 2 is 2.12 bits per heavy atom. The summed E-state index contributed by atoms with van der Waals surface area (Å²) in [5.41, 5.74) is 6.85. The van der Waals surface area contributed by atoms with Gasteiger partial charge in [0, 0.05) is 6.42 Å². The molecular formula is C14H25NO. The maximum Gasteiger partial charge on any atom is 0.158 e. The molecule has 0 heterocycles. The monoisotopic (exact) mass is 223 g/mol. The predicted octanol–water partition coefficient (Wildman–Crippen LogP) is 3.21. The highest BCUT2D eigenvalue weighted by Crippen LogP contribution is 2.28. The number of Topliss-reactive ketones (excluding diaryl/α,β-unsaturated/α-hetero) is 1. The van der Waals surface area contributed by atoms with Crippen molar-refractivity contribution in [2.45, 2.75) is 58.8 Å². The molecule has 1 aliphatic rings. The van der Waals surface area contributed by atoms with Gasteiger partial charge in [-0.3, -0.25) is 4.79 Å². The molecular weight excluding hydrogens is 198 g/mol. The van der Waals surface area contributed by atoms with Crippen LogP contribution in [-0.4, -0.2) is 12.3 Å². The maximum atomic E-state index is 11.9. The van der Waals surface area contributed by atoms with E-state index < -0.39 is 0 Å². The number of hydrogen-bond acceptors (Lipinski definition) is 2. The molecule has 0 fully saturated rings. The highest BCUT2D eigenvalue weighted by molar-refractivity contribution is 5.95. The van der Waals surface area contributed by atoms with E-state index in [0.29, 0.717) is 18.7 Å². The van der Waals surface area contributed by atoms with Gasteiger partial charge in [-0.2, -0.15) is 0 Å². The number of allylic oxidation sites excluding steroid dienone is 2. The van der Waals surface area contributed by atoms with E-state index in [-0.39, 0.29) is 5.41 Å². The van der Waals surface area contributed by atoms with Gasteiger partial charge >= 0.3 is 0 Å². The summed E-state index contributed by atoms with van der Waals surface area (Å²) in [7, 11) is 0. The number of rotatable bonds is 6. The number of ketones is 1. The van der Waals surface area contributed by atoms with Crippen molar-refractivity contribution in [3.63, 3.8) is 0 Å². The van der Waals surface area contributed by atoms with Crippen LogP contribution in [0.1, 0.15) is 58.8 Å². The minimum Gasteiger partial charge on any atom is -0.330 e. The molecule has 92 valence electrons. The molecule has 0 radical (unpaired) electrons. The van der Waals surface area contributed by atoms with Crippen LogP contribution in [0.15, 0.2) is 11.6 Å². The first-order valence-corrected chi connectivity index (χ1v) is 6.47. The quantitative estimate of drug-likeness (QED) is 0.751. The third kappa shape index (κ3) is 4.48. The fourth-order valence-corrected chi connectivity index (χ4v) is 2.22. The van der Waals surface area contributed by atoms with E-state index in [0.717, 1.165) is 31.3 Å². The van der Waals surface area contributed by atoms with E-state index in [1.807, 2.05) is 0 Å². The van der Waals surface area contributed by atoms with Crippen molar-refractivity contribution in [2.75, 3.05) is 6.54 Å². The van der Waals surface area contributed by atoms with Gasteiger partial charge in [0.05, 0.1) is 0 Å². The van der Waals surface area contributed by atoms with Crippen LogP contribution in [0.25, 0.3) is 0 Å². The molecule has 0 saturated heterocycles. The second-order valence-corrected chi connectivity index (χ2v) is 5.60. The molecule has 0 aliphatic heterocycles. The van der Waals surface area contributed by atoms with Gasteiger partial charge in [-0.05, 0) is 56.1 Å². The van der Waals surface area contributed by atoms with E-state index in [1.54, 1.807) is 0 Å². The van der Waals surface area contributed by atoms with Gasteiger partial charge in [0.2, 0.25) is 0 Å². The molecule has 1 aliphatic carbocycles. The molecule has 0 aromatic carbocycles. The fraction of sp³-hybridized carbons (Fsp3) is 0.786. The Hall–Kier alpha value is -0.630. The number of carbonyl (C=O) groups is 1. The van der Waals surface area contributed by atoms with Gasteiger partial charge in [-0.25, -0.2) is 0 Å². The number of nitrogens with two attached hydrogens (primary N) is 1. The van der Waals surface area contributed by atoms with Crippen LogP contribution in [0.3, 0.4) is 0 Å². The van der Waals surface area contributed by atoms with Crippen molar-refractivity contribution in [2.24, 2.45) is 11.1 Å². The van der Waals surface area contributed by atoms with E-state index in [4.69, 9.17) is 5.73 Å². The highest BCUT2D eigenvalue weighted by Gasteiger charge is 2.20. The first-order valence-electron chi connectivity index (χ1n) is 6.47. The second kappa shape index (κ2) is 6.19. The molecule has 0 amide bonds. The Balaban J connectivity index is 2.37. The van der Waals surface area contributed by atoms with Crippen molar-refractivity contribution < 1.29 is 4.79 Å². The van der Waals surface area contributed by atoms with Gasteiger partial charge < -0.3 is 5.73 Å². The van der Waals surface area contributed by atoms with Crippen LogP contribution < -0.4 is 5.73 Å². The third-order valence-electron chi connectivity index (χ3n) is 3.50. The molecule has 0 atom stereocenters. The second-order valence-electron chi connectivity index (χ2n) is 5.60. The van der Waals surface area contributed by atoms with Crippen molar-refractivity contribution in [1.82, 2.24) is 0 Å². The van der Waals surface area contributed by atoms with E-state index in [1.165, 1.54) is 12.8 Å². The SMILES string of the molecule is CC(C)(CCN)CCC(=O)C1=CCCCC1. The summed E-state index contributed by atoms with van der Waals surface area (Å²) in [5, 5.41) is 0. The standard InChI is InChI=1S/C14H25NO/c1-14(2,10-11-15)9-8-13(16)12-6-4-3-5-7-12/h6H,3-5,7-11,15H2,1-2H3. The molecule has 1 rings (SSSR count). The Bertz CT molecular complexity index is 266. The molecule has 0 spiro atoms. The summed E-state index contributed by atoms with van der Waals surface area (Å²) in [6.07, 6.45) is 9.31. The lowest BCUT2D eigenvalue weighted by Crippen LogP contribution is -2.19. The number of hydrogen-bond donors (Lipinski definition) is 1. The van der Waals surface area contributed by atoms with Crippen LogP contribution in [0.5, 0.6) is 0 Å². The zero-order valence-corrected chi connectivity index (χ0v) is 10.7. The molecule has 2 nitrogen and oxygen atoms in total. The molecule has 0 aromatic heterocycles. The van der Waals surface area contributed by atoms with Crippen molar-refractivity contribution in [3.8, 4) is 0 Å². The fourth-order valence-electron chi connectivity index (χ4n) is 2.22. The van der Waals surface area contributed by atoms with Crippen LogP contribution in [-0.2, 0) is 4.79 Å². The van der Waals surface area contributed by atoms with Crippen LogP contribution in [0, 0.1) is 5.41 Å². The third-order valence-corrected chi connectivity index (χ3v) is 3.50. The van der Waals surface area contributed by atoms with Gasteiger partial charge in [-0.1, -0.05) is 19.9 Å². The van der Waals surface area contributed by atoms with Gasteiger partial charge in [-0.15, -0.1) is 0 Å². The summed E-state index contributed by atoms with van der Waals surface area (Å²) < 4.78 is 0. The lowest BCUT2D eigenvalue weighted by Gasteiger charge is -2.23. The molecule has 2 heteroatoms. The normalized spacial score (nSPS) is 17.1. The zero-order valence-electron chi connectivity index (χ0n) is 10.7. The molecule has 2 N–H and O–H groups in total. The van der Waals surface area contributed by atoms with E-state index in [2.05, 4.69) is 19.9 Å². The first-order chi connectivity index (χ1) is 7.55. The molecule has 0 aromatic rings. The summed E-state index contributed by atoms with van der Waals surface area (Å²) >= 11 is 0. The predicted molar refractivity (Wildman–Crippen MR) is 68.2 cm³/mol. The van der Waals surface area contributed by atoms with Crippen molar-refractivity contribution >= 4 is 5.78 Å². The lowest BCUT2D eigenvalue weighted by atomic mass is 9.82. The van der Waals surface area contributed by atoms with Gasteiger partial charge in [0.1, 0.15) is 0 Å². The largest absolute Gasteiger partial charge is 0.330 e. The van der Waals surface area contributed by atoms with E-state index in [9.17, 15) is 4.79 Å². The minimum absolute atomic E-state index is 0.208. The zero-order chi connectivity index (χ0) is 12.0. The van der Waals surface area contributed by atoms with Crippen LogP contribution in [0.4, 0.5) is 0 Å². The Labute approximate surface area is 99.3 Å². The van der Waals surface area contributed by atoms with Crippen molar-refractivity contribution in [1.29, 1.82) is 0 Å². The van der Waals surface area contributed by atoms with Gasteiger partial charge in [0.25, 0.3) is 0 Å². The smallest absolute Gasteiger partial charge is 0.158 e. The van der Waals surface area contributed by atoms with E-state index >= 15 is 0 Å². The van der Waals surface area contributed by atoms with Crippen LogP contribution >= 0.6 is 0 Å². The topological polar surface area (TPSA) is 43.1 Å². The Kier molecular flexibility index (Phi) is 5.20. The van der Waals surface area contributed by atoms with Crippen molar-refractivity contribution in [3.05, 3.63) is 11.6 Å². The number of carbonyl (C=O) groups excluding carboxylic acids is 1. The average molecular weight is 223 g/mol. The Morgan fingerprint density at radius 1 is 1.38 bits per heavy atom. The summed E-state index contributed by atoms with van der Waals surface area (Å²) in [6.45, 7) is 5.11. The van der Waals surface area contributed by atoms with Gasteiger partial charge in [0.15, 0.2) is 5.78 Å². The molecule has 0 saturated carbocycles. The average Bonchev–Trinajstić information content (AvgIpc) is 2.27. The minimum atomic E-state index is 0.208. The Morgan fingerprint density at radius 3 is 2.69 bits per heavy atom. The molecule has 16 heavy (non-hydrogen) atoms. The highest BCUT2D eigenvalue weighted by atomic mass is 16.1.